The standard InChI is InChI=1S/C25H29N5O3S.C17H27N5S2.C10H9BrO3.H3P/c1-16(2)29-9-11-30(12-10-29)19-6-4-18(5-7-19)27-25-28-24(26)23(34-25)22(31)17-3-8-20-21(15-17)33-14-13-32-20;1-4-24-16(18)20-17(23)19-14-5-7-15(8-6-14)22-11-9-21(10-12-22)13(2)3;11-6-8(12)7-1-2-9-10(5-7)14-4-3-13-9;/h3-8,15-16H,9-14,26H2,1-2H3,(H,27,28);5-8,13H,4,9-12H2,1-3H3,(H3,18,19,20,23);1-2,5H,3-4,6H2;1H3. The number of alkyl halides is 1. The molecule has 6 N–H and O–H groups in total. The van der Waals surface area contributed by atoms with E-state index < -0.39 is 0 Å². The first-order valence-corrected chi connectivity index (χ1v) is 27.5. The molecule has 0 amide bonds. The van der Waals surface area contributed by atoms with E-state index in [4.69, 9.17) is 42.6 Å². The maximum atomic E-state index is 13.1. The van der Waals surface area contributed by atoms with E-state index in [0.29, 0.717) is 98.3 Å². The van der Waals surface area contributed by atoms with E-state index in [-0.39, 0.29) is 27.3 Å². The highest BCUT2D eigenvalue weighted by Gasteiger charge is 2.23. The minimum Gasteiger partial charge on any atom is -0.486 e. The number of thiazole rings is 1. The second-order valence-electron chi connectivity index (χ2n) is 17.6. The summed E-state index contributed by atoms with van der Waals surface area (Å²) in [6.07, 6.45) is 0. The van der Waals surface area contributed by atoms with Gasteiger partial charge >= 0.3 is 0 Å². The number of nitrogen functional groups attached to an aromatic ring is 1. The number of ketones is 2. The minimum absolute atomic E-state index is 0. The lowest BCUT2D eigenvalue weighted by atomic mass is 10.1. The molecule has 16 nitrogen and oxygen atoms in total. The van der Waals surface area contributed by atoms with Gasteiger partial charge in [-0.25, -0.2) is 4.98 Å². The van der Waals surface area contributed by atoms with Crippen LogP contribution in [0.15, 0.2) is 89.9 Å². The summed E-state index contributed by atoms with van der Waals surface area (Å²) in [5, 5.41) is 8.18. The lowest BCUT2D eigenvalue weighted by molar-refractivity contribution is 0.101. The second-order valence-corrected chi connectivity index (χ2v) is 20.8. The molecule has 4 aromatic carbocycles. The van der Waals surface area contributed by atoms with Gasteiger partial charge in [0.2, 0.25) is 5.78 Å². The van der Waals surface area contributed by atoms with Crippen LogP contribution < -0.4 is 50.8 Å². The average molecular weight is 1140 g/mol. The number of nitrogens with zero attached hydrogens (tertiary/aromatic N) is 6. The van der Waals surface area contributed by atoms with Gasteiger partial charge in [-0.15, -0.1) is 0 Å². The molecule has 1 aromatic heterocycles. The lowest BCUT2D eigenvalue weighted by Crippen LogP contribution is -2.48. The third-order valence-electron chi connectivity index (χ3n) is 12.2. The summed E-state index contributed by atoms with van der Waals surface area (Å²) in [5.41, 5.74) is 17.3. The lowest BCUT2D eigenvalue weighted by Gasteiger charge is -2.38. The maximum absolute atomic E-state index is 13.1. The van der Waals surface area contributed by atoms with Crippen molar-refractivity contribution in [1.29, 1.82) is 0 Å². The molecular formula is C52H68BrN10O6PS3. The summed E-state index contributed by atoms with van der Waals surface area (Å²) in [5.74, 6) is 3.55. The van der Waals surface area contributed by atoms with Crippen molar-refractivity contribution in [1.82, 2.24) is 14.8 Å². The molecule has 1 atom stereocenters. The number of carbonyl (C=O) groups is 2. The number of halogens is 1. The molecule has 9 rings (SSSR count). The van der Waals surface area contributed by atoms with Gasteiger partial charge in [0.1, 0.15) is 37.1 Å². The molecule has 2 saturated heterocycles. The fourth-order valence-corrected chi connectivity index (χ4v) is 10.1. The van der Waals surface area contributed by atoms with Crippen LogP contribution in [0.5, 0.6) is 23.0 Å². The zero-order chi connectivity index (χ0) is 51.1. The molecule has 392 valence electrons. The number of rotatable bonds is 12. The summed E-state index contributed by atoms with van der Waals surface area (Å²) in [7, 11) is 0. The number of ether oxygens (including phenoxy) is 4. The summed E-state index contributed by atoms with van der Waals surface area (Å²) in [6.45, 7) is 21.7. The molecule has 0 spiro atoms. The normalized spacial score (nSPS) is 15.5. The predicted molar refractivity (Wildman–Crippen MR) is 314 cm³/mol. The van der Waals surface area contributed by atoms with Crippen molar-refractivity contribution in [2.45, 2.75) is 46.7 Å². The molecule has 1 unspecified atom stereocenters. The van der Waals surface area contributed by atoms with Crippen LogP contribution >= 0.6 is 61.1 Å². The van der Waals surface area contributed by atoms with Crippen molar-refractivity contribution in [3.63, 3.8) is 0 Å². The van der Waals surface area contributed by atoms with Gasteiger partial charge in [0, 0.05) is 98.3 Å². The topological polar surface area (TPSA) is 185 Å². The molecule has 21 heteroatoms. The van der Waals surface area contributed by atoms with Gasteiger partial charge in [-0.3, -0.25) is 19.4 Å². The third kappa shape index (κ3) is 16.1. The maximum Gasteiger partial charge on any atom is 0.206 e. The number of amidine groups is 1. The highest BCUT2D eigenvalue weighted by atomic mass is 79.9. The number of anilines is 6. The van der Waals surface area contributed by atoms with Crippen LogP contribution in [0.25, 0.3) is 0 Å². The Morgan fingerprint density at radius 1 is 0.726 bits per heavy atom. The van der Waals surface area contributed by atoms with Crippen LogP contribution in [0.1, 0.15) is 60.2 Å². The number of aromatic nitrogens is 1. The largest absolute Gasteiger partial charge is 0.486 e. The molecule has 0 saturated carbocycles. The van der Waals surface area contributed by atoms with Crippen molar-refractivity contribution in [3.8, 4) is 23.0 Å². The van der Waals surface area contributed by atoms with Crippen LogP contribution in [-0.2, 0) is 0 Å². The van der Waals surface area contributed by atoms with E-state index >= 15 is 0 Å². The van der Waals surface area contributed by atoms with Crippen molar-refractivity contribution < 1.29 is 28.5 Å². The Morgan fingerprint density at radius 3 is 1.67 bits per heavy atom. The van der Waals surface area contributed by atoms with Gasteiger partial charge in [0.25, 0.3) is 0 Å². The zero-order valence-corrected chi connectivity index (χ0v) is 47.7. The van der Waals surface area contributed by atoms with Gasteiger partial charge < -0.3 is 50.8 Å². The van der Waals surface area contributed by atoms with Crippen molar-refractivity contribution in [2.75, 3.05) is 116 Å². The zero-order valence-electron chi connectivity index (χ0n) is 42.2. The Bertz CT molecular complexity index is 2640. The number of aliphatic imine (C=N–C) groups is 1. The Balaban J connectivity index is 0.000000194. The van der Waals surface area contributed by atoms with E-state index in [1.54, 1.807) is 36.4 Å². The molecule has 5 heterocycles. The Hall–Kier alpha value is -5.21. The first-order valence-electron chi connectivity index (χ1n) is 24.2. The fourth-order valence-electron chi connectivity index (χ4n) is 8.22. The van der Waals surface area contributed by atoms with E-state index in [2.05, 4.69) is 108 Å². The van der Waals surface area contributed by atoms with Gasteiger partial charge in [0.05, 0.1) is 5.33 Å². The molecule has 5 aromatic rings. The monoisotopic (exact) mass is 1130 g/mol. The Morgan fingerprint density at radius 2 is 1.19 bits per heavy atom. The minimum atomic E-state index is -0.184. The molecule has 0 aliphatic carbocycles. The molecule has 0 radical (unpaired) electrons. The quantitative estimate of drug-likeness (QED) is 0.0231. The number of thioether (sulfide) groups is 1. The summed E-state index contributed by atoms with van der Waals surface area (Å²) in [4.78, 5) is 43.2. The molecule has 4 aliphatic rings. The van der Waals surface area contributed by atoms with Crippen molar-refractivity contribution in [2.24, 2.45) is 10.7 Å². The molecule has 0 bridgehead atoms. The van der Waals surface area contributed by atoms with E-state index in [1.165, 1.54) is 34.5 Å². The number of Topliss-reactive ketones (excluding diaryl/α,β-unsaturated/α-hetero) is 1. The Labute approximate surface area is 454 Å². The summed E-state index contributed by atoms with van der Waals surface area (Å²) in [6, 6.07) is 28.2. The van der Waals surface area contributed by atoms with Crippen LogP contribution in [0, 0.1) is 0 Å². The van der Waals surface area contributed by atoms with E-state index in [0.717, 1.165) is 69.5 Å². The highest BCUT2D eigenvalue weighted by Crippen LogP contribution is 2.35. The third-order valence-corrected chi connectivity index (χ3v) is 14.6. The molecule has 4 aliphatic heterocycles. The molecular weight excluding hydrogens is 1070 g/mol. The number of benzene rings is 4. The van der Waals surface area contributed by atoms with E-state index in [9.17, 15) is 9.59 Å². The second kappa shape index (κ2) is 27.9. The van der Waals surface area contributed by atoms with Gasteiger partial charge in [0.15, 0.2) is 44.2 Å². The number of hydrogen-bond acceptors (Lipinski definition) is 16. The van der Waals surface area contributed by atoms with E-state index in [1.807, 2.05) is 31.2 Å². The summed E-state index contributed by atoms with van der Waals surface area (Å²) < 4.78 is 21.8. The number of piperazine rings is 2. The van der Waals surface area contributed by atoms with Crippen LogP contribution in [-0.4, -0.2) is 139 Å². The molecule has 2 fully saturated rings. The van der Waals surface area contributed by atoms with Crippen LogP contribution in [0.3, 0.4) is 0 Å². The molecule has 73 heavy (non-hydrogen) atoms. The first-order chi connectivity index (χ1) is 34.8. The smallest absolute Gasteiger partial charge is 0.206 e. The number of nitrogens with one attached hydrogen (secondary N) is 2. The predicted octanol–water partition coefficient (Wildman–Crippen LogP) is 9.08. The summed E-state index contributed by atoms with van der Waals surface area (Å²) >= 11 is 11.1. The average Bonchev–Trinajstić information content (AvgIpc) is 3.77. The van der Waals surface area contributed by atoms with Crippen molar-refractivity contribution in [3.05, 3.63) is 101 Å². The highest BCUT2D eigenvalue weighted by molar-refractivity contribution is 9.09. The number of nitrogens with two attached hydrogens (primary N) is 2. The van der Waals surface area contributed by atoms with Gasteiger partial charge in [-0.05, 0) is 131 Å². The van der Waals surface area contributed by atoms with Crippen LogP contribution in [0.2, 0.25) is 0 Å². The van der Waals surface area contributed by atoms with Crippen molar-refractivity contribution >= 4 is 117 Å². The number of thiocarbonyl (C=S) groups is 1. The first kappa shape index (κ1) is 57.1. The SMILES string of the molecule is CC(C)N1CCN(c2ccc(Nc3nc(N)c(C(=O)c4ccc5c(c4)OCCO5)s3)cc2)CC1.CCSC(N)=NC(=S)Nc1ccc(N2CCN(C(C)C)CC2)cc1.O=C(CBr)c1ccc2c(c1)OCCO2.P. The number of carbonyl (C=O) groups excluding carboxylic acids is 2. The van der Waals surface area contributed by atoms with Gasteiger partial charge in [-0.2, -0.15) is 14.9 Å². The van der Waals surface area contributed by atoms with Gasteiger partial charge in [-0.1, -0.05) is 46.0 Å². The van der Waals surface area contributed by atoms with Crippen LogP contribution in [0.4, 0.5) is 33.7 Å². The number of fused-ring (bicyclic) bond motifs is 2. The number of hydrogen-bond donors (Lipinski definition) is 4. The fraction of sp³-hybridized carbons (Fsp3) is 0.404. The Kier molecular flexibility index (Phi) is 21.8.